The topological polar surface area (TPSA) is 97.4 Å². The van der Waals surface area contributed by atoms with Gasteiger partial charge in [-0.3, -0.25) is 9.52 Å². The van der Waals surface area contributed by atoms with Crippen molar-refractivity contribution in [1.29, 1.82) is 0 Å². The number of benzene rings is 2. The number of hydrogen-bond acceptors (Lipinski definition) is 6. The van der Waals surface area contributed by atoms with Crippen LogP contribution in [0.4, 0.5) is 22.7 Å². The molecule has 0 fully saturated rings. The second kappa shape index (κ2) is 9.30. The van der Waals surface area contributed by atoms with Crippen molar-refractivity contribution >= 4 is 44.0 Å². The van der Waals surface area contributed by atoms with E-state index >= 15 is 0 Å². The number of carbonyl (C=O) groups is 1. The van der Waals surface area contributed by atoms with E-state index in [-0.39, 0.29) is 16.7 Å². The Morgan fingerprint density at radius 1 is 1.19 bits per heavy atom. The summed E-state index contributed by atoms with van der Waals surface area (Å²) in [7, 11) is -4.11. The fourth-order valence-electron chi connectivity index (χ4n) is 2.43. The maximum absolute atomic E-state index is 14.4. The molecule has 0 aliphatic heterocycles. The van der Waals surface area contributed by atoms with Crippen molar-refractivity contribution in [1.82, 2.24) is 10.3 Å². The summed E-state index contributed by atoms with van der Waals surface area (Å²) in [5.74, 6) is -2.56. The van der Waals surface area contributed by atoms with E-state index < -0.39 is 44.3 Å². The molecular weight excluding hydrogens is 498 g/mol. The number of ether oxygens (including phenoxy) is 1. The number of alkyl halides is 3. The molecule has 0 saturated heterocycles. The number of carbonyl (C=O) groups excluding carboxylic acids is 1. The molecule has 2 aromatic carbocycles. The van der Waals surface area contributed by atoms with Gasteiger partial charge in [0, 0.05) is 18.1 Å². The highest BCUT2D eigenvalue weighted by Gasteiger charge is 2.32. The van der Waals surface area contributed by atoms with Crippen LogP contribution in [-0.2, 0) is 16.6 Å². The molecule has 2 N–H and O–H groups in total. The Balaban J connectivity index is 1.67. The summed E-state index contributed by atoms with van der Waals surface area (Å²) in [6.07, 6.45) is -3.52. The minimum absolute atomic E-state index is 0.0949. The number of hydrogen-bond donors (Lipinski definition) is 2. The molecule has 1 amide bonds. The molecule has 1 aromatic heterocycles. The number of thiazole rings is 1. The van der Waals surface area contributed by atoms with Crippen LogP contribution in [0.3, 0.4) is 0 Å². The van der Waals surface area contributed by atoms with Gasteiger partial charge in [0.2, 0.25) is 0 Å². The fraction of sp³-hybridized carbons (Fsp3) is 0.111. The summed E-state index contributed by atoms with van der Waals surface area (Å²) >= 11 is 6.77. The Morgan fingerprint density at radius 2 is 1.94 bits per heavy atom. The summed E-state index contributed by atoms with van der Waals surface area (Å²) in [5.41, 5.74) is -0.105. The molecular formula is C18H12ClF4N3O4S2. The van der Waals surface area contributed by atoms with Crippen molar-refractivity contribution < 1.29 is 35.5 Å². The standard InChI is InChI=1S/C18H12ClF4N3O4S2/c19-13-7-10(1-4-15(13)30-18(21,22)23)9-25-16(27)12-3-2-11(8-14(12)20)32(28,29)26-17-24-5-6-31-17/h1-8H,9H2,(H,24,26)(H,25,27). The van der Waals surface area contributed by atoms with E-state index in [4.69, 9.17) is 11.6 Å². The van der Waals surface area contributed by atoms with Crippen LogP contribution in [0.25, 0.3) is 0 Å². The summed E-state index contributed by atoms with van der Waals surface area (Å²) < 4.78 is 81.7. The van der Waals surface area contributed by atoms with Crippen molar-refractivity contribution in [3.05, 3.63) is 69.9 Å². The first kappa shape index (κ1) is 23.8. The van der Waals surface area contributed by atoms with Gasteiger partial charge in [-0.1, -0.05) is 17.7 Å². The van der Waals surface area contributed by atoms with E-state index in [0.29, 0.717) is 11.6 Å². The maximum atomic E-state index is 14.4. The number of sulfonamides is 1. The molecule has 7 nitrogen and oxygen atoms in total. The van der Waals surface area contributed by atoms with Crippen LogP contribution in [0.15, 0.2) is 52.9 Å². The van der Waals surface area contributed by atoms with Crippen molar-refractivity contribution in [3.8, 4) is 5.75 Å². The molecule has 0 aliphatic carbocycles. The van der Waals surface area contributed by atoms with Gasteiger partial charge in [0.25, 0.3) is 15.9 Å². The number of halogens is 5. The predicted octanol–water partition coefficient (Wildman–Crippen LogP) is 4.57. The second-order valence-corrected chi connectivity index (χ2v) is 9.06. The molecule has 0 spiro atoms. The van der Waals surface area contributed by atoms with Gasteiger partial charge in [-0.05, 0) is 35.9 Å². The first-order chi connectivity index (χ1) is 14.9. The Bertz CT molecular complexity index is 1240. The average molecular weight is 510 g/mol. The van der Waals surface area contributed by atoms with Crippen molar-refractivity contribution in [2.24, 2.45) is 0 Å². The number of nitrogens with one attached hydrogen (secondary N) is 2. The highest BCUT2D eigenvalue weighted by molar-refractivity contribution is 7.93. The number of amides is 1. The number of rotatable bonds is 7. The van der Waals surface area contributed by atoms with Crippen molar-refractivity contribution in [2.75, 3.05) is 4.72 Å². The van der Waals surface area contributed by atoms with E-state index in [1.165, 1.54) is 12.3 Å². The first-order valence-corrected chi connectivity index (χ1v) is 11.2. The van der Waals surface area contributed by atoms with Crippen LogP contribution in [0.2, 0.25) is 5.02 Å². The quantitative estimate of drug-likeness (QED) is 0.455. The van der Waals surface area contributed by atoms with Crippen LogP contribution < -0.4 is 14.8 Å². The first-order valence-electron chi connectivity index (χ1n) is 8.49. The zero-order valence-electron chi connectivity index (χ0n) is 15.6. The minimum atomic E-state index is -4.91. The van der Waals surface area contributed by atoms with Gasteiger partial charge in [0.1, 0.15) is 11.6 Å². The van der Waals surface area contributed by atoms with E-state index in [0.717, 1.165) is 35.6 Å². The van der Waals surface area contributed by atoms with E-state index in [1.807, 2.05) is 0 Å². The van der Waals surface area contributed by atoms with Crippen molar-refractivity contribution in [3.63, 3.8) is 0 Å². The van der Waals surface area contributed by atoms with Gasteiger partial charge in [-0.25, -0.2) is 17.8 Å². The Morgan fingerprint density at radius 3 is 2.53 bits per heavy atom. The third-order valence-corrected chi connectivity index (χ3v) is 6.27. The van der Waals surface area contributed by atoms with Gasteiger partial charge >= 0.3 is 6.36 Å². The Labute approximate surface area is 188 Å². The Kier molecular flexibility index (Phi) is 6.91. The normalized spacial score (nSPS) is 11.8. The predicted molar refractivity (Wildman–Crippen MR) is 109 cm³/mol. The van der Waals surface area contributed by atoms with E-state index in [2.05, 4.69) is 19.8 Å². The highest BCUT2D eigenvalue weighted by atomic mass is 35.5. The van der Waals surface area contributed by atoms with Crippen molar-refractivity contribution in [2.45, 2.75) is 17.8 Å². The number of aromatic nitrogens is 1. The van der Waals surface area contributed by atoms with Gasteiger partial charge in [0.05, 0.1) is 15.5 Å². The number of anilines is 1. The van der Waals surface area contributed by atoms with Crippen LogP contribution in [-0.4, -0.2) is 25.7 Å². The maximum Gasteiger partial charge on any atom is 0.573 e. The molecule has 0 saturated carbocycles. The highest BCUT2D eigenvalue weighted by Crippen LogP contribution is 2.30. The zero-order chi connectivity index (χ0) is 23.5. The molecule has 3 rings (SSSR count). The molecule has 32 heavy (non-hydrogen) atoms. The monoisotopic (exact) mass is 509 g/mol. The van der Waals surface area contributed by atoms with E-state index in [1.54, 1.807) is 5.38 Å². The lowest BCUT2D eigenvalue weighted by molar-refractivity contribution is -0.274. The van der Waals surface area contributed by atoms with E-state index in [9.17, 15) is 30.8 Å². The molecule has 0 aliphatic rings. The largest absolute Gasteiger partial charge is 0.573 e. The number of nitrogens with zero attached hydrogens (tertiary/aromatic N) is 1. The summed E-state index contributed by atoms with van der Waals surface area (Å²) in [4.78, 5) is 15.6. The Hall–Kier alpha value is -2.90. The summed E-state index contributed by atoms with van der Waals surface area (Å²) in [6, 6.07) is 6.10. The van der Waals surface area contributed by atoms with Crippen LogP contribution in [0, 0.1) is 5.82 Å². The minimum Gasteiger partial charge on any atom is -0.404 e. The lowest BCUT2D eigenvalue weighted by atomic mass is 10.1. The lowest BCUT2D eigenvalue weighted by Gasteiger charge is -2.12. The van der Waals surface area contributed by atoms with Gasteiger partial charge in [-0.2, -0.15) is 0 Å². The molecule has 0 radical (unpaired) electrons. The van der Waals surface area contributed by atoms with Gasteiger partial charge in [0.15, 0.2) is 5.13 Å². The summed E-state index contributed by atoms with van der Waals surface area (Å²) in [6.45, 7) is -0.185. The SMILES string of the molecule is O=C(NCc1ccc(OC(F)(F)F)c(Cl)c1)c1ccc(S(=O)(=O)Nc2nccs2)cc1F. The molecule has 0 atom stereocenters. The molecule has 3 aromatic rings. The molecule has 170 valence electrons. The van der Waals surface area contributed by atoms with Crippen LogP contribution >= 0.6 is 22.9 Å². The second-order valence-electron chi connectivity index (χ2n) is 6.08. The molecule has 0 unspecified atom stereocenters. The fourth-order valence-corrected chi connectivity index (χ4v) is 4.48. The van der Waals surface area contributed by atoms with Gasteiger partial charge in [-0.15, -0.1) is 24.5 Å². The smallest absolute Gasteiger partial charge is 0.404 e. The lowest BCUT2D eigenvalue weighted by Crippen LogP contribution is -2.24. The molecule has 1 heterocycles. The summed E-state index contributed by atoms with van der Waals surface area (Å²) in [5, 5.41) is 3.69. The average Bonchev–Trinajstić information content (AvgIpc) is 3.19. The van der Waals surface area contributed by atoms with Crippen LogP contribution in [0.1, 0.15) is 15.9 Å². The zero-order valence-corrected chi connectivity index (χ0v) is 18.0. The van der Waals surface area contributed by atoms with Crippen LogP contribution in [0.5, 0.6) is 5.75 Å². The molecule has 0 bridgehead atoms. The third kappa shape index (κ3) is 6.08. The van der Waals surface area contributed by atoms with Gasteiger partial charge < -0.3 is 10.1 Å². The third-order valence-electron chi connectivity index (χ3n) is 3.82. The molecule has 14 heteroatoms.